The zero-order chi connectivity index (χ0) is 13.1. The van der Waals surface area contributed by atoms with Gasteiger partial charge in [-0.3, -0.25) is 0 Å². The molecule has 2 fully saturated rings. The minimum absolute atomic E-state index is 0.838. The largest absolute Gasteiger partial charge is 0.341 e. The summed E-state index contributed by atoms with van der Waals surface area (Å²) in [5.41, 5.74) is 1.15. The Kier molecular flexibility index (Phi) is 3.97. The van der Waals surface area contributed by atoms with Crippen LogP contribution < -0.4 is 10.2 Å². The monoisotopic (exact) mass is 260 g/mol. The van der Waals surface area contributed by atoms with Crippen LogP contribution in [-0.2, 0) is 6.54 Å². The Morgan fingerprint density at radius 2 is 1.89 bits per heavy atom. The summed E-state index contributed by atoms with van der Waals surface area (Å²) in [7, 11) is 1.95. The molecule has 1 aliphatic heterocycles. The summed E-state index contributed by atoms with van der Waals surface area (Å²) in [6, 6.07) is 0. The summed E-state index contributed by atoms with van der Waals surface area (Å²) in [6.07, 6.45) is 10.9. The van der Waals surface area contributed by atoms with Gasteiger partial charge < -0.3 is 10.2 Å². The fourth-order valence-corrected chi connectivity index (χ4v) is 3.59. The molecule has 1 aromatic heterocycles. The van der Waals surface area contributed by atoms with E-state index in [9.17, 15) is 0 Å². The predicted molar refractivity (Wildman–Crippen MR) is 77.1 cm³/mol. The molecular weight excluding hydrogens is 236 g/mol. The zero-order valence-electron chi connectivity index (χ0n) is 11.8. The minimum atomic E-state index is 0.838. The van der Waals surface area contributed by atoms with Gasteiger partial charge >= 0.3 is 0 Å². The van der Waals surface area contributed by atoms with Gasteiger partial charge in [0.1, 0.15) is 0 Å². The number of nitrogens with zero attached hydrogens (tertiary/aromatic N) is 3. The first kappa shape index (κ1) is 12.9. The highest BCUT2D eigenvalue weighted by Gasteiger charge is 2.31. The van der Waals surface area contributed by atoms with E-state index >= 15 is 0 Å². The van der Waals surface area contributed by atoms with Crippen molar-refractivity contribution in [3.63, 3.8) is 0 Å². The SMILES string of the molecule is CNCc1cnc(N2CCC3CCCCC3C2)nc1. The van der Waals surface area contributed by atoms with E-state index < -0.39 is 0 Å². The van der Waals surface area contributed by atoms with E-state index in [1.807, 2.05) is 19.4 Å². The summed E-state index contributed by atoms with van der Waals surface area (Å²) in [5, 5.41) is 3.13. The molecule has 104 valence electrons. The lowest BCUT2D eigenvalue weighted by atomic mass is 9.75. The molecule has 0 spiro atoms. The third-order valence-electron chi connectivity index (χ3n) is 4.65. The molecule has 1 aromatic rings. The molecule has 2 heterocycles. The van der Waals surface area contributed by atoms with Crippen LogP contribution in [0.5, 0.6) is 0 Å². The molecule has 4 heteroatoms. The lowest BCUT2D eigenvalue weighted by molar-refractivity contribution is 0.201. The highest BCUT2D eigenvalue weighted by Crippen LogP contribution is 2.36. The van der Waals surface area contributed by atoms with Crippen LogP contribution >= 0.6 is 0 Å². The van der Waals surface area contributed by atoms with Crippen LogP contribution in [0.2, 0.25) is 0 Å². The average Bonchev–Trinajstić information content (AvgIpc) is 2.48. The summed E-state index contributed by atoms with van der Waals surface area (Å²) in [6.45, 7) is 3.13. The minimum Gasteiger partial charge on any atom is -0.341 e. The molecule has 2 aliphatic rings. The van der Waals surface area contributed by atoms with Crippen LogP contribution in [0.4, 0.5) is 5.95 Å². The van der Waals surface area contributed by atoms with E-state index in [1.165, 1.54) is 32.1 Å². The topological polar surface area (TPSA) is 41.1 Å². The maximum Gasteiger partial charge on any atom is 0.225 e. The molecule has 0 amide bonds. The fraction of sp³-hybridized carbons (Fsp3) is 0.733. The van der Waals surface area contributed by atoms with Crippen molar-refractivity contribution >= 4 is 5.95 Å². The van der Waals surface area contributed by atoms with Crippen LogP contribution in [-0.4, -0.2) is 30.1 Å². The first-order valence-electron chi connectivity index (χ1n) is 7.57. The number of piperidine rings is 1. The average molecular weight is 260 g/mol. The third kappa shape index (κ3) is 2.89. The van der Waals surface area contributed by atoms with Crippen molar-refractivity contribution in [1.29, 1.82) is 0 Å². The quantitative estimate of drug-likeness (QED) is 0.904. The molecule has 1 saturated carbocycles. The molecule has 1 N–H and O–H groups in total. The Balaban J connectivity index is 1.65. The van der Waals surface area contributed by atoms with Crippen LogP contribution in [0.1, 0.15) is 37.7 Å². The van der Waals surface area contributed by atoms with Crippen molar-refractivity contribution in [2.24, 2.45) is 11.8 Å². The maximum absolute atomic E-state index is 4.53. The van der Waals surface area contributed by atoms with Crippen molar-refractivity contribution in [2.45, 2.75) is 38.6 Å². The Morgan fingerprint density at radius 1 is 1.16 bits per heavy atom. The lowest BCUT2D eigenvalue weighted by Crippen LogP contribution is -2.42. The van der Waals surface area contributed by atoms with Gasteiger partial charge in [0, 0.05) is 37.6 Å². The van der Waals surface area contributed by atoms with Gasteiger partial charge in [0.2, 0.25) is 5.95 Å². The van der Waals surface area contributed by atoms with Gasteiger partial charge in [0.15, 0.2) is 0 Å². The summed E-state index contributed by atoms with van der Waals surface area (Å²) in [4.78, 5) is 11.5. The second kappa shape index (κ2) is 5.87. The van der Waals surface area contributed by atoms with Crippen LogP contribution in [0.3, 0.4) is 0 Å². The second-order valence-electron chi connectivity index (χ2n) is 5.96. The van der Waals surface area contributed by atoms with Gasteiger partial charge in [-0.2, -0.15) is 0 Å². The maximum atomic E-state index is 4.53. The number of hydrogen-bond acceptors (Lipinski definition) is 4. The molecule has 0 aromatic carbocycles. The summed E-state index contributed by atoms with van der Waals surface area (Å²) < 4.78 is 0. The first-order chi connectivity index (χ1) is 9.36. The van der Waals surface area contributed by atoms with E-state index in [0.29, 0.717) is 0 Å². The smallest absolute Gasteiger partial charge is 0.225 e. The molecule has 1 saturated heterocycles. The predicted octanol–water partition coefficient (Wildman–Crippen LogP) is 2.21. The third-order valence-corrected chi connectivity index (χ3v) is 4.65. The Bertz CT molecular complexity index is 403. The van der Waals surface area contributed by atoms with E-state index in [1.54, 1.807) is 0 Å². The standard InChI is InChI=1S/C15H24N4/c1-16-8-12-9-17-15(18-10-12)19-7-6-13-4-2-3-5-14(13)11-19/h9-10,13-14,16H,2-8,11H2,1H3. The van der Waals surface area contributed by atoms with Gasteiger partial charge in [-0.1, -0.05) is 19.3 Å². The summed E-state index contributed by atoms with van der Waals surface area (Å²) >= 11 is 0. The first-order valence-corrected chi connectivity index (χ1v) is 7.57. The number of fused-ring (bicyclic) bond motifs is 1. The Hall–Kier alpha value is -1.16. The number of hydrogen-bond donors (Lipinski definition) is 1. The number of rotatable bonds is 3. The Morgan fingerprint density at radius 3 is 2.63 bits per heavy atom. The summed E-state index contributed by atoms with van der Waals surface area (Å²) in [5.74, 6) is 2.76. The van der Waals surface area contributed by atoms with E-state index in [4.69, 9.17) is 0 Å². The van der Waals surface area contributed by atoms with E-state index in [-0.39, 0.29) is 0 Å². The van der Waals surface area contributed by atoms with Crippen LogP contribution in [0.25, 0.3) is 0 Å². The normalized spacial score (nSPS) is 27.1. The van der Waals surface area contributed by atoms with Crippen molar-refractivity contribution in [3.8, 4) is 0 Å². The second-order valence-corrected chi connectivity index (χ2v) is 5.96. The van der Waals surface area contributed by atoms with Gasteiger partial charge in [-0.15, -0.1) is 0 Å². The van der Waals surface area contributed by atoms with Gasteiger partial charge in [-0.05, 0) is 31.7 Å². The van der Waals surface area contributed by atoms with Crippen molar-refractivity contribution in [3.05, 3.63) is 18.0 Å². The van der Waals surface area contributed by atoms with Crippen molar-refractivity contribution in [2.75, 3.05) is 25.0 Å². The Labute approximate surface area is 115 Å². The molecule has 2 unspecified atom stereocenters. The lowest BCUT2D eigenvalue weighted by Gasteiger charge is -2.41. The van der Waals surface area contributed by atoms with Crippen LogP contribution in [0.15, 0.2) is 12.4 Å². The zero-order valence-corrected chi connectivity index (χ0v) is 11.8. The molecule has 3 rings (SSSR count). The molecule has 0 bridgehead atoms. The molecule has 0 radical (unpaired) electrons. The molecule has 4 nitrogen and oxygen atoms in total. The highest BCUT2D eigenvalue weighted by molar-refractivity contribution is 5.31. The molecular formula is C15H24N4. The molecule has 1 aliphatic carbocycles. The number of aromatic nitrogens is 2. The van der Waals surface area contributed by atoms with Gasteiger partial charge in [0.25, 0.3) is 0 Å². The molecule has 2 atom stereocenters. The molecule has 19 heavy (non-hydrogen) atoms. The van der Waals surface area contributed by atoms with Crippen molar-refractivity contribution < 1.29 is 0 Å². The van der Waals surface area contributed by atoms with E-state index in [2.05, 4.69) is 20.2 Å². The highest BCUT2D eigenvalue weighted by atomic mass is 15.3. The number of nitrogens with one attached hydrogen (secondary N) is 1. The fourth-order valence-electron chi connectivity index (χ4n) is 3.59. The van der Waals surface area contributed by atoms with Crippen molar-refractivity contribution in [1.82, 2.24) is 15.3 Å². The van der Waals surface area contributed by atoms with E-state index in [0.717, 1.165) is 43.0 Å². The number of anilines is 1. The van der Waals surface area contributed by atoms with Crippen LogP contribution in [0, 0.1) is 11.8 Å². The van der Waals surface area contributed by atoms with Gasteiger partial charge in [-0.25, -0.2) is 9.97 Å². The van der Waals surface area contributed by atoms with Gasteiger partial charge in [0.05, 0.1) is 0 Å².